The van der Waals surface area contributed by atoms with Gasteiger partial charge in [0, 0.05) is 25.8 Å². The Kier molecular flexibility index (Phi) is 6.20. The average molecular weight is 373 g/mol. The number of benzene rings is 1. The van der Waals surface area contributed by atoms with Gasteiger partial charge in [0.05, 0.1) is 18.1 Å². The molecule has 1 aromatic carbocycles. The number of rotatable bonds is 6. The van der Waals surface area contributed by atoms with Crippen LogP contribution in [0.4, 0.5) is 0 Å². The van der Waals surface area contributed by atoms with Crippen molar-refractivity contribution < 1.29 is 14.3 Å². The van der Waals surface area contributed by atoms with Crippen LogP contribution in [0.1, 0.15) is 67.8 Å². The monoisotopic (exact) mass is 372 g/mol. The predicted molar refractivity (Wildman–Crippen MR) is 106 cm³/mol. The van der Waals surface area contributed by atoms with Gasteiger partial charge in [0.25, 0.3) is 5.91 Å². The summed E-state index contributed by atoms with van der Waals surface area (Å²) in [7, 11) is 1.63. The third kappa shape index (κ3) is 3.75. The van der Waals surface area contributed by atoms with Gasteiger partial charge in [-0.15, -0.1) is 0 Å². The lowest BCUT2D eigenvalue weighted by Crippen LogP contribution is -2.63. The van der Waals surface area contributed by atoms with Gasteiger partial charge in [-0.25, -0.2) is 0 Å². The van der Waals surface area contributed by atoms with E-state index in [1.807, 2.05) is 29.2 Å². The van der Waals surface area contributed by atoms with E-state index in [1.165, 1.54) is 6.42 Å². The molecule has 0 aromatic heterocycles. The fourth-order valence-electron chi connectivity index (χ4n) is 4.85. The van der Waals surface area contributed by atoms with Gasteiger partial charge in [0.2, 0.25) is 5.91 Å². The molecular formula is C22H32N2O3. The van der Waals surface area contributed by atoms with Gasteiger partial charge < -0.3 is 15.0 Å². The molecule has 5 nitrogen and oxygen atoms in total. The number of nitrogens with zero attached hydrogens (tertiary/aromatic N) is 1. The second-order valence-corrected chi connectivity index (χ2v) is 8.28. The number of carbonyl (C=O) groups excluding carboxylic acids is 2. The highest BCUT2D eigenvalue weighted by atomic mass is 16.5. The van der Waals surface area contributed by atoms with Crippen molar-refractivity contribution >= 4 is 11.8 Å². The molecule has 27 heavy (non-hydrogen) atoms. The lowest BCUT2D eigenvalue weighted by Gasteiger charge is -2.54. The van der Waals surface area contributed by atoms with E-state index in [1.54, 1.807) is 7.11 Å². The first-order chi connectivity index (χ1) is 13.0. The quantitative estimate of drug-likeness (QED) is 0.779. The Balaban J connectivity index is 2.08. The van der Waals surface area contributed by atoms with Crippen molar-refractivity contribution in [2.45, 2.75) is 57.4 Å². The third-order valence-corrected chi connectivity index (χ3v) is 5.96. The lowest BCUT2D eigenvalue weighted by molar-refractivity contribution is -0.127. The van der Waals surface area contributed by atoms with Crippen molar-refractivity contribution in [1.29, 1.82) is 0 Å². The minimum atomic E-state index is -0.412. The Morgan fingerprint density at radius 2 is 1.96 bits per heavy atom. The van der Waals surface area contributed by atoms with Crippen LogP contribution in [0.2, 0.25) is 0 Å². The summed E-state index contributed by atoms with van der Waals surface area (Å²) in [5, 5.41) is 3.05. The Hall–Kier alpha value is -1.88. The van der Waals surface area contributed by atoms with Crippen molar-refractivity contribution in [2.75, 3.05) is 26.8 Å². The topological polar surface area (TPSA) is 58.6 Å². The normalized spacial score (nSPS) is 21.4. The molecule has 0 radical (unpaired) electrons. The molecule has 1 aliphatic heterocycles. The summed E-state index contributed by atoms with van der Waals surface area (Å²) < 4.78 is 5.10. The van der Waals surface area contributed by atoms with Gasteiger partial charge in [-0.3, -0.25) is 9.59 Å². The van der Waals surface area contributed by atoms with Crippen molar-refractivity contribution in [3.8, 4) is 0 Å². The first-order valence-electron chi connectivity index (χ1n) is 10.2. The number of nitrogens with one attached hydrogen (secondary N) is 1. The van der Waals surface area contributed by atoms with E-state index in [9.17, 15) is 9.59 Å². The highest BCUT2D eigenvalue weighted by Crippen LogP contribution is 2.49. The molecule has 2 amide bonds. The fraction of sp³-hybridized carbons (Fsp3) is 0.636. The molecule has 5 heteroatoms. The van der Waals surface area contributed by atoms with Crippen LogP contribution in [0.5, 0.6) is 0 Å². The van der Waals surface area contributed by atoms with Crippen LogP contribution in [0.25, 0.3) is 0 Å². The average Bonchev–Trinajstić information content (AvgIpc) is 2.66. The van der Waals surface area contributed by atoms with Crippen LogP contribution in [0.3, 0.4) is 0 Å². The van der Waals surface area contributed by atoms with Crippen molar-refractivity contribution in [3.63, 3.8) is 0 Å². The fourth-order valence-corrected chi connectivity index (χ4v) is 4.85. The van der Waals surface area contributed by atoms with Crippen LogP contribution >= 0.6 is 0 Å². The Labute approximate surface area is 162 Å². The van der Waals surface area contributed by atoms with Gasteiger partial charge in [-0.05, 0) is 30.4 Å². The van der Waals surface area contributed by atoms with E-state index in [-0.39, 0.29) is 17.7 Å². The summed E-state index contributed by atoms with van der Waals surface area (Å²) in [5.41, 5.74) is 1.16. The van der Waals surface area contributed by atoms with E-state index in [4.69, 9.17) is 4.74 Å². The number of fused-ring (bicyclic) bond motifs is 1. The molecule has 148 valence electrons. The molecule has 1 aromatic rings. The minimum Gasteiger partial charge on any atom is -0.383 e. The molecule has 1 N–H and O–H groups in total. The highest BCUT2D eigenvalue weighted by Gasteiger charge is 2.54. The van der Waals surface area contributed by atoms with Gasteiger partial charge in [0.1, 0.15) is 0 Å². The Morgan fingerprint density at radius 1 is 1.26 bits per heavy atom. The molecular weight excluding hydrogens is 340 g/mol. The van der Waals surface area contributed by atoms with Crippen molar-refractivity contribution in [2.24, 2.45) is 5.92 Å². The van der Waals surface area contributed by atoms with Crippen LogP contribution in [-0.4, -0.2) is 49.1 Å². The molecule has 1 atom stereocenters. The zero-order valence-corrected chi connectivity index (χ0v) is 16.8. The SMILES string of the molecule is COCCNC(=O)C1c2ccccc2C(=O)N(CC(C)C)C12CCCCC2. The van der Waals surface area contributed by atoms with Crippen LogP contribution in [-0.2, 0) is 9.53 Å². The maximum absolute atomic E-state index is 13.4. The third-order valence-electron chi connectivity index (χ3n) is 5.96. The second kappa shape index (κ2) is 8.42. The summed E-state index contributed by atoms with van der Waals surface area (Å²) in [6, 6.07) is 7.67. The number of carbonyl (C=O) groups is 2. The van der Waals surface area contributed by atoms with Crippen LogP contribution in [0.15, 0.2) is 24.3 Å². The van der Waals surface area contributed by atoms with Gasteiger partial charge in [-0.1, -0.05) is 51.3 Å². The summed E-state index contributed by atoms with van der Waals surface area (Å²) >= 11 is 0. The molecule has 1 fully saturated rings. The smallest absolute Gasteiger partial charge is 0.254 e. The summed E-state index contributed by atoms with van der Waals surface area (Å²) in [5.74, 6) is 0.141. The zero-order chi connectivity index (χ0) is 19.4. The number of amides is 2. The number of ether oxygens (including phenoxy) is 1. The van der Waals surface area contributed by atoms with Gasteiger partial charge >= 0.3 is 0 Å². The maximum Gasteiger partial charge on any atom is 0.254 e. The summed E-state index contributed by atoms with van der Waals surface area (Å²) in [4.78, 5) is 28.8. The first-order valence-corrected chi connectivity index (χ1v) is 10.2. The van der Waals surface area contributed by atoms with E-state index < -0.39 is 5.54 Å². The summed E-state index contributed by atoms with van der Waals surface area (Å²) in [6.45, 7) is 5.94. The molecule has 3 rings (SSSR count). The number of hydrogen-bond donors (Lipinski definition) is 1. The van der Waals surface area contributed by atoms with Crippen molar-refractivity contribution in [3.05, 3.63) is 35.4 Å². The molecule has 1 aliphatic carbocycles. The number of hydrogen-bond acceptors (Lipinski definition) is 3. The first kappa shape index (κ1) is 19.9. The minimum absolute atomic E-state index is 0.0163. The zero-order valence-electron chi connectivity index (χ0n) is 16.8. The maximum atomic E-state index is 13.4. The van der Waals surface area contributed by atoms with Gasteiger partial charge in [0.15, 0.2) is 0 Å². The van der Waals surface area contributed by atoms with E-state index in [2.05, 4.69) is 19.2 Å². The Morgan fingerprint density at radius 3 is 2.63 bits per heavy atom. The van der Waals surface area contributed by atoms with Gasteiger partial charge in [-0.2, -0.15) is 0 Å². The Bertz CT molecular complexity index is 680. The van der Waals surface area contributed by atoms with Crippen LogP contribution < -0.4 is 5.32 Å². The molecule has 2 aliphatic rings. The standard InChI is InChI=1S/C22H32N2O3/c1-16(2)15-24-21(26)18-10-6-5-9-17(18)19(20(25)23-13-14-27-3)22(24)11-7-4-8-12-22/h5-6,9-10,16,19H,4,7-8,11-15H2,1-3H3,(H,23,25). The molecule has 0 saturated heterocycles. The molecule has 1 unspecified atom stereocenters. The molecule has 1 saturated carbocycles. The highest BCUT2D eigenvalue weighted by molar-refractivity contribution is 6.02. The number of methoxy groups -OCH3 is 1. The summed E-state index contributed by atoms with van der Waals surface area (Å²) in [6.07, 6.45) is 5.08. The van der Waals surface area contributed by atoms with Crippen LogP contribution in [0, 0.1) is 5.92 Å². The predicted octanol–water partition coefficient (Wildman–Crippen LogP) is 3.35. The largest absolute Gasteiger partial charge is 0.383 e. The van der Waals surface area contributed by atoms with Crippen molar-refractivity contribution in [1.82, 2.24) is 10.2 Å². The lowest BCUT2D eigenvalue weighted by atomic mass is 9.65. The molecule has 0 bridgehead atoms. The molecule has 1 spiro atoms. The molecule has 1 heterocycles. The van der Waals surface area contributed by atoms with E-state index in [0.717, 1.165) is 31.2 Å². The second-order valence-electron chi connectivity index (χ2n) is 8.28. The van der Waals surface area contributed by atoms with E-state index in [0.29, 0.717) is 31.2 Å². The van der Waals surface area contributed by atoms with E-state index >= 15 is 0 Å².